The van der Waals surface area contributed by atoms with Gasteiger partial charge in [-0.1, -0.05) is 55.0 Å². The molecule has 0 radical (unpaired) electrons. The normalized spacial score (nSPS) is 10.7. The van der Waals surface area contributed by atoms with E-state index in [9.17, 15) is 4.79 Å². The lowest BCUT2D eigenvalue weighted by atomic mass is 10.1. The monoisotopic (exact) mass is 334 g/mol. The van der Waals surface area contributed by atoms with E-state index in [0.29, 0.717) is 12.4 Å². The summed E-state index contributed by atoms with van der Waals surface area (Å²) in [5.74, 6) is 0.601. The minimum Gasteiger partial charge on any atom is -0.349 e. The van der Waals surface area contributed by atoms with Crippen molar-refractivity contribution in [2.45, 2.75) is 27.2 Å². The van der Waals surface area contributed by atoms with Crippen molar-refractivity contribution >= 4 is 5.91 Å². The predicted molar refractivity (Wildman–Crippen MR) is 98.9 cm³/mol. The quantitative estimate of drug-likeness (QED) is 0.774. The fraction of sp³-hybridized carbons (Fsp3) is 0.250. The van der Waals surface area contributed by atoms with E-state index in [1.54, 1.807) is 4.68 Å². The second-order valence-corrected chi connectivity index (χ2v) is 6.08. The Kier molecular flexibility index (Phi) is 4.93. The molecule has 1 N–H and O–H groups in total. The van der Waals surface area contributed by atoms with Crippen LogP contribution in [-0.4, -0.2) is 27.2 Å². The molecular weight excluding hydrogens is 312 g/mol. The van der Waals surface area contributed by atoms with Crippen molar-refractivity contribution in [3.8, 4) is 17.1 Å². The molecule has 3 rings (SSSR count). The molecule has 3 aromatic rings. The molecule has 0 unspecified atom stereocenters. The summed E-state index contributed by atoms with van der Waals surface area (Å²) in [6.07, 6.45) is 0.870. The molecule has 0 bridgehead atoms. The van der Waals surface area contributed by atoms with E-state index in [0.717, 1.165) is 23.2 Å². The van der Waals surface area contributed by atoms with E-state index in [1.165, 1.54) is 5.56 Å². The van der Waals surface area contributed by atoms with Crippen LogP contribution in [0.4, 0.5) is 0 Å². The maximum absolute atomic E-state index is 12.3. The lowest BCUT2D eigenvalue weighted by Crippen LogP contribution is -2.25. The lowest BCUT2D eigenvalue weighted by Gasteiger charge is -2.09. The van der Waals surface area contributed by atoms with Crippen LogP contribution >= 0.6 is 0 Å². The summed E-state index contributed by atoms with van der Waals surface area (Å²) in [4.78, 5) is 16.8. The highest BCUT2D eigenvalue weighted by Crippen LogP contribution is 2.23. The molecule has 0 fully saturated rings. The van der Waals surface area contributed by atoms with Gasteiger partial charge in [0.15, 0.2) is 5.82 Å². The van der Waals surface area contributed by atoms with Crippen LogP contribution in [0.3, 0.4) is 0 Å². The summed E-state index contributed by atoms with van der Waals surface area (Å²) in [5.41, 5.74) is 4.11. The molecule has 5 nitrogen and oxygen atoms in total. The van der Waals surface area contributed by atoms with Gasteiger partial charge in [0.25, 0.3) is 5.91 Å². The number of hydrogen-bond donors (Lipinski definition) is 1. The Bertz CT molecular complexity index is 884. The molecule has 25 heavy (non-hydrogen) atoms. The van der Waals surface area contributed by atoms with Crippen molar-refractivity contribution in [1.29, 1.82) is 0 Å². The van der Waals surface area contributed by atoms with Gasteiger partial charge >= 0.3 is 0 Å². The maximum atomic E-state index is 12.3. The number of carbonyl (C=O) groups is 1. The molecule has 0 aliphatic carbocycles. The molecule has 0 aliphatic heterocycles. The summed E-state index contributed by atoms with van der Waals surface area (Å²) in [6, 6.07) is 15.9. The van der Waals surface area contributed by atoms with Crippen LogP contribution in [0.5, 0.6) is 0 Å². The number of nitrogens with one attached hydrogen (secondary N) is 1. The van der Waals surface area contributed by atoms with Gasteiger partial charge in [-0.2, -0.15) is 0 Å². The van der Waals surface area contributed by atoms with Gasteiger partial charge in [-0.15, -0.1) is 5.10 Å². The zero-order valence-electron chi connectivity index (χ0n) is 14.8. The number of hydrogen-bond acceptors (Lipinski definition) is 3. The summed E-state index contributed by atoms with van der Waals surface area (Å²) in [5, 5.41) is 7.33. The molecule has 1 heterocycles. The SMILES string of the molecule is CCCNC(=O)c1nc(-c2ccccc2)n(-c2ccc(C)cc2C)n1. The van der Waals surface area contributed by atoms with E-state index >= 15 is 0 Å². The third-order valence-corrected chi connectivity index (χ3v) is 3.96. The average molecular weight is 334 g/mol. The van der Waals surface area contributed by atoms with Crippen molar-refractivity contribution in [2.24, 2.45) is 0 Å². The topological polar surface area (TPSA) is 59.8 Å². The molecule has 128 valence electrons. The van der Waals surface area contributed by atoms with Gasteiger partial charge < -0.3 is 5.32 Å². The first kappa shape index (κ1) is 16.9. The minimum atomic E-state index is -0.248. The van der Waals surface area contributed by atoms with Crippen LogP contribution in [0, 0.1) is 13.8 Å². The number of nitrogens with zero attached hydrogens (tertiary/aromatic N) is 3. The Morgan fingerprint density at radius 3 is 2.56 bits per heavy atom. The fourth-order valence-corrected chi connectivity index (χ4v) is 2.71. The van der Waals surface area contributed by atoms with Crippen molar-refractivity contribution < 1.29 is 4.79 Å². The number of carbonyl (C=O) groups excluding carboxylic acids is 1. The summed E-state index contributed by atoms with van der Waals surface area (Å²) in [6.45, 7) is 6.71. The number of aryl methyl sites for hydroxylation is 2. The van der Waals surface area contributed by atoms with Crippen molar-refractivity contribution in [1.82, 2.24) is 20.1 Å². The Morgan fingerprint density at radius 2 is 1.88 bits per heavy atom. The van der Waals surface area contributed by atoms with Crippen LogP contribution in [0.15, 0.2) is 48.5 Å². The molecule has 0 saturated heterocycles. The third-order valence-electron chi connectivity index (χ3n) is 3.96. The van der Waals surface area contributed by atoms with Gasteiger partial charge in [0.05, 0.1) is 5.69 Å². The Balaban J connectivity index is 2.12. The Labute approximate surface area is 147 Å². The van der Waals surface area contributed by atoms with E-state index in [1.807, 2.05) is 56.3 Å². The minimum absolute atomic E-state index is 0.187. The molecule has 0 atom stereocenters. The van der Waals surface area contributed by atoms with Gasteiger partial charge in [-0.25, -0.2) is 9.67 Å². The van der Waals surface area contributed by atoms with E-state index < -0.39 is 0 Å². The van der Waals surface area contributed by atoms with Crippen LogP contribution in [0.1, 0.15) is 35.1 Å². The zero-order valence-corrected chi connectivity index (χ0v) is 14.8. The molecule has 1 aromatic heterocycles. The first-order chi connectivity index (χ1) is 12.1. The highest BCUT2D eigenvalue weighted by atomic mass is 16.2. The number of benzene rings is 2. The molecule has 5 heteroatoms. The van der Waals surface area contributed by atoms with Crippen molar-refractivity contribution in [2.75, 3.05) is 6.54 Å². The van der Waals surface area contributed by atoms with Crippen LogP contribution in [-0.2, 0) is 0 Å². The largest absolute Gasteiger partial charge is 0.349 e. The smallest absolute Gasteiger partial charge is 0.290 e. The van der Waals surface area contributed by atoms with E-state index in [-0.39, 0.29) is 11.7 Å². The van der Waals surface area contributed by atoms with Gasteiger partial charge in [0.1, 0.15) is 0 Å². The van der Waals surface area contributed by atoms with Crippen molar-refractivity contribution in [3.63, 3.8) is 0 Å². The standard InChI is InChI=1S/C20H22N4O/c1-4-12-21-20(25)18-22-19(16-8-6-5-7-9-16)24(23-18)17-11-10-14(2)13-15(17)3/h5-11,13H,4,12H2,1-3H3,(H,21,25). The highest BCUT2D eigenvalue weighted by Gasteiger charge is 2.19. The molecule has 0 spiro atoms. The van der Waals surface area contributed by atoms with Crippen LogP contribution in [0.2, 0.25) is 0 Å². The first-order valence-corrected chi connectivity index (χ1v) is 8.48. The van der Waals surface area contributed by atoms with Gasteiger partial charge in [0.2, 0.25) is 5.82 Å². The number of rotatable bonds is 5. The van der Waals surface area contributed by atoms with Crippen molar-refractivity contribution in [3.05, 3.63) is 65.5 Å². The van der Waals surface area contributed by atoms with Gasteiger partial charge in [0, 0.05) is 12.1 Å². The first-order valence-electron chi connectivity index (χ1n) is 8.48. The third kappa shape index (κ3) is 3.60. The molecular formula is C20H22N4O. The van der Waals surface area contributed by atoms with E-state index in [2.05, 4.69) is 28.4 Å². The second-order valence-electron chi connectivity index (χ2n) is 6.08. The number of aromatic nitrogens is 3. The Hall–Kier alpha value is -2.95. The predicted octanol–water partition coefficient (Wildman–Crippen LogP) is 3.69. The molecule has 0 aliphatic rings. The number of amides is 1. The van der Waals surface area contributed by atoms with Gasteiger partial charge in [-0.3, -0.25) is 4.79 Å². The zero-order chi connectivity index (χ0) is 17.8. The van der Waals surface area contributed by atoms with Crippen LogP contribution < -0.4 is 5.32 Å². The van der Waals surface area contributed by atoms with E-state index in [4.69, 9.17) is 0 Å². The molecule has 0 saturated carbocycles. The Morgan fingerprint density at radius 1 is 1.12 bits per heavy atom. The highest BCUT2D eigenvalue weighted by molar-refractivity contribution is 5.91. The molecule has 2 aromatic carbocycles. The van der Waals surface area contributed by atoms with Crippen LogP contribution in [0.25, 0.3) is 17.1 Å². The summed E-state index contributed by atoms with van der Waals surface area (Å²) < 4.78 is 1.75. The summed E-state index contributed by atoms with van der Waals surface area (Å²) in [7, 11) is 0. The second kappa shape index (κ2) is 7.30. The fourth-order valence-electron chi connectivity index (χ4n) is 2.71. The summed E-state index contributed by atoms with van der Waals surface area (Å²) >= 11 is 0. The van der Waals surface area contributed by atoms with Gasteiger partial charge in [-0.05, 0) is 31.9 Å². The maximum Gasteiger partial charge on any atom is 0.290 e. The lowest BCUT2D eigenvalue weighted by molar-refractivity contribution is 0.0943. The molecule has 1 amide bonds. The average Bonchev–Trinajstić information content (AvgIpc) is 3.05.